The third-order valence-corrected chi connectivity index (χ3v) is 8.83. The second-order valence-electron chi connectivity index (χ2n) is 12.0. The van der Waals surface area contributed by atoms with E-state index in [1.807, 2.05) is 42.5 Å². The van der Waals surface area contributed by atoms with E-state index in [4.69, 9.17) is 9.47 Å². The Hall–Kier alpha value is -3.40. The summed E-state index contributed by atoms with van der Waals surface area (Å²) < 4.78 is 39.1. The first kappa shape index (κ1) is 31.5. The van der Waals surface area contributed by atoms with Crippen LogP contribution in [0.25, 0.3) is 11.1 Å². The van der Waals surface area contributed by atoms with Crippen molar-refractivity contribution >= 4 is 16.1 Å². The monoisotopic (exact) mass is 593 g/mol. The zero-order chi connectivity index (χ0) is 30.2. The highest BCUT2D eigenvalue weighted by molar-refractivity contribution is 7.89. The van der Waals surface area contributed by atoms with Crippen molar-refractivity contribution in [2.45, 2.75) is 70.1 Å². The summed E-state index contributed by atoms with van der Waals surface area (Å²) in [5.74, 6) is 0.184. The highest BCUT2D eigenvalue weighted by Crippen LogP contribution is 2.40. The molecular weight excluding hydrogens is 550 g/mol. The molecule has 1 saturated carbocycles. The van der Waals surface area contributed by atoms with Gasteiger partial charge >= 0.3 is 6.09 Å². The van der Waals surface area contributed by atoms with Gasteiger partial charge < -0.3 is 20.1 Å². The summed E-state index contributed by atoms with van der Waals surface area (Å²) in [6.07, 6.45) is 2.63. The lowest BCUT2D eigenvalue weighted by Gasteiger charge is -2.41. The Morgan fingerprint density at radius 3 is 2.24 bits per heavy atom. The lowest BCUT2D eigenvalue weighted by molar-refractivity contribution is 0.0536. The third-order valence-electron chi connectivity index (χ3n) is 7.72. The smallest absolute Gasteiger partial charge is 0.408 e. The molecule has 226 valence electrons. The van der Waals surface area contributed by atoms with Crippen molar-refractivity contribution in [1.29, 1.82) is 0 Å². The van der Waals surface area contributed by atoms with Crippen LogP contribution in [0.2, 0.25) is 0 Å². The minimum atomic E-state index is -3.79. The molecule has 0 radical (unpaired) electrons. The number of hydrogen-bond acceptors (Lipinski definition) is 6. The standard InChI is InChI=1S/C33H43N3O5S/c1-32(2,3)41-31(37)35-24-42(38,39)36-23-33(28-11-8-12-30(21-28)40-4)19-17-29(18-20-33)34-22-25-13-15-27(16-14-25)26-9-6-5-7-10-26/h5-16,21,29,34,36H,17-20,22-24H2,1-4H3,(H,35,37). The topological polar surface area (TPSA) is 106 Å². The van der Waals surface area contributed by atoms with Crippen molar-refractivity contribution in [3.63, 3.8) is 0 Å². The molecule has 3 aromatic carbocycles. The van der Waals surface area contributed by atoms with Crippen LogP contribution in [0.1, 0.15) is 57.6 Å². The number of sulfonamides is 1. The van der Waals surface area contributed by atoms with Crippen molar-refractivity contribution in [3.05, 3.63) is 90.0 Å². The first-order valence-electron chi connectivity index (χ1n) is 14.4. The second-order valence-corrected chi connectivity index (χ2v) is 13.8. The summed E-state index contributed by atoms with van der Waals surface area (Å²) in [6, 6.07) is 27.2. The Kier molecular flexibility index (Phi) is 10.3. The molecule has 1 amide bonds. The van der Waals surface area contributed by atoms with E-state index >= 15 is 0 Å². The van der Waals surface area contributed by atoms with Crippen LogP contribution < -0.4 is 20.1 Å². The predicted molar refractivity (Wildman–Crippen MR) is 167 cm³/mol. The number of rotatable bonds is 11. The fourth-order valence-electron chi connectivity index (χ4n) is 5.37. The molecule has 9 heteroatoms. The van der Waals surface area contributed by atoms with Gasteiger partial charge in [0.2, 0.25) is 10.0 Å². The third kappa shape index (κ3) is 9.05. The Bertz CT molecular complexity index is 1410. The molecule has 0 atom stereocenters. The molecule has 0 unspecified atom stereocenters. The van der Waals surface area contributed by atoms with Crippen LogP contribution in [-0.2, 0) is 26.7 Å². The molecular formula is C33H43N3O5S. The lowest BCUT2D eigenvalue weighted by atomic mass is 9.68. The van der Waals surface area contributed by atoms with Crippen LogP contribution in [0.3, 0.4) is 0 Å². The zero-order valence-corrected chi connectivity index (χ0v) is 25.8. The summed E-state index contributed by atoms with van der Waals surface area (Å²) in [5, 5.41) is 6.06. The van der Waals surface area contributed by atoms with E-state index in [9.17, 15) is 13.2 Å². The van der Waals surface area contributed by atoms with Gasteiger partial charge in [0.15, 0.2) is 0 Å². The Morgan fingerprint density at radius 1 is 0.929 bits per heavy atom. The molecule has 0 saturated heterocycles. The van der Waals surface area contributed by atoms with Crippen LogP contribution in [0, 0.1) is 0 Å². The van der Waals surface area contributed by atoms with E-state index in [1.54, 1.807) is 27.9 Å². The van der Waals surface area contributed by atoms with E-state index in [1.165, 1.54) is 16.7 Å². The van der Waals surface area contributed by atoms with Crippen molar-refractivity contribution in [1.82, 2.24) is 15.4 Å². The van der Waals surface area contributed by atoms with Crippen LogP contribution in [-0.4, -0.2) is 45.7 Å². The van der Waals surface area contributed by atoms with E-state index in [-0.39, 0.29) is 6.54 Å². The number of benzene rings is 3. The molecule has 0 spiro atoms. The van der Waals surface area contributed by atoms with E-state index in [0.717, 1.165) is 43.5 Å². The normalized spacial score (nSPS) is 19.2. The van der Waals surface area contributed by atoms with Gasteiger partial charge in [-0.25, -0.2) is 17.9 Å². The van der Waals surface area contributed by atoms with Crippen molar-refractivity contribution < 1.29 is 22.7 Å². The van der Waals surface area contributed by atoms with Crippen LogP contribution in [0.5, 0.6) is 5.75 Å². The summed E-state index contributed by atoms with van der Waals surface area (Å²) in [4.78, 5) is 12.0. The van der Waals surface area contributed by atoms with Crippen molar-refractivity contribution in [2.24, 2.45) is 0 Å². The first-order valence-corrected chi connectivity index (χ1v) is 16.1. The fraction of sp³-hybridized carbons (Fsp3) is 0.424. The zero-order valence-electron chi connectivity index (χ0n) is 25.0. The number of carbonyl (C=O) groups excluding carboxylic acids is 1. The Labute approximate surface area is 250 Å². The highest BCUT2D eigenvalue weighted by atomic mass is 32.2. The quantitative estimate of drug-likeness (QED) is 0.262. The lowest BCUT2D eigenvalue weighted by Crippen LogP contribution is -2.48. The molecule has 3 N–H and O–H groups in total. The van der Waals surface area contributed by atoms with Gasteiger partial charge in [-0.3, -0.25) is 0 Å². The average Bonchev–Trinajstić information content (AvgIpc) is 2.98. The van der Waals surface area contributed by atoms with Gasteiger partial charge in [-0.1, -0.05) is 66.7 Å². The van der Waals surface area contributed by atoms with Gasteiger partial charge in [0.05, 0.1) is 7.11 Å². The van der Waals surface area contributed by atoms with Gasteiger partial charge in [0.25, 0.3) is 0 Å². The summed E-state index contributed by atoms with van der Waals surface area (Å²) >= 11 is 0. The number of nitrogens with one attached hydrogen (secondary N) is 3. The molecule has 1 fully saturated rings. The van der Waals surface area contributed by atoms with Gasteiger partial charge in [-0.05, 0) is 80.8 Å². The molecule has 42 heavy (non-hydrogen) atoms. The molecule has 0 aliphatic heterocycles. The average molecular weight is 594 g/mol. The minimum absolute atomic E-state index is 0.228. The Morgan fingerprint density at radius 2 is 1.60 bits per heavy atom. The van der Waals surface area contributed by atoms with Gasteiger partial charge in [-0.15, -0.1) is 0 Å². The molecule has 0 heterocycles. The molecule has 0 aromatic heterocycles. The van der Waals surface area contributed by atoms with E-state index in [2.05, 4.69) is 51.8 Å². The van der Waals surface area contributed by atoms with Crippen molar-refractivity contribution in [2.75, 3.05) is 19.5 Å². The molecule has 8 nitrogen and oxygen atoms in total. The number of methoxy groups -OCH3 is 1. The molecule has 1 aliphatic rings. The first-order chi connectivity index (χ1) is 20.0. The predicted octanol–water partition coefficient (Wildman–Crippen LogP) is 5.73. The molecule has 3 aromatic rings. The van der Waals surface area contributed by atoms with Gasteiger partial charge in [0.1, 0.15) is 17.2 Å². The van der Waals surface area contributed by atoms with Crippen LogP contribution in [0.4, 0.5) is 4.79 Å². The number of amides is 1. The number of hydrogen-bond donors (Lipinski definition) is 3. The maximum Gasteiger partial charge on any atom is 0.408 e. The minimum Gasteiger partial charge on any atom is -0.497 e. The fourth-order valence-corrected chi connectivity index (χ4v) is 6.28. The van der Waals surface area contributed by atoms with Crippen molar-refractivity contribution in [3.8, 4) is 16.9 Å². The summed E-state index contributed by atoms with van der Waals surface area (Å²) in [7, 11) is -2.16. The number of ether oxygens (including phenoxy) is 2. The maximum atomic E-state index is 12.9. The largest absolute Gasteiger partial charge is 0.497 e. The van der Waals surface area contributed by atoms with E-state index < -0.39 is 33.0 Å². The molecule has 4 rings (SSSR count). The number of alkyl carbamates (subject to hydrolysis) is 1. The van der Waals surface area contributed by atoms with E-state index in [0.29, 0.717) is 6.04 Å². The summed E-state index contributed by atoms with van der Waals surface area (Å²) in [6.45, 7) is 6.18. The van der Waals surface area contributed by atoms with Gasteiger partial charge in [0, 0.05) is 24.5 Å². The van der Waals surface area contributed by atoms with Crippen LogP contribution in [0.15, 0.2) is 78.9 Å². The SMILES string of the molecule is COc1cccc(C2(CNS(=O)(=O)CNC(=O)OC(C)(C)C)CCC(NCc3ccc(-c4ccccc4)cc3)CC2)c1. The molecule has 1 aliphatic carbocycles. The summed E-state index contributed by atoms with van der Waals surface area (Å²) in [5.41, 5.74) is 3.56. The highest BCUT2D eigenvalue weighted by Gasteiger charge is 2.38. The second kappa shape index (κ2) is 13.7. The Balaban J connectivity index is 1.37. The maximum absolute atomic E-state index is 12.9. The number of carbonyl (C=O) groups is 1. The molecule has 0 bridgehead atoms. The van der Waals surface area contributed by atoms with Crippen LogP contribution >= 0.6 is 0 Å². The van der Waals surface area contributed by atoms with Gasteiger partial charge in [-0.2, -0.15) is 0 Å².